The Morgan fingerprint density at radius 1 is 1.22 bits per heavy atom. The molecular weight excluding hydrogens is 336 g/mol. The van der Waals surface area contributed by atoms with Crippen LogP contribution in [0.1, 0.15) is 15.2 Å². The zero-order chi connectivity index (χ0) is 16.6. The van der Waals surface area contributed by atoms with E-state index in [-0.39, 0.29) is 11.4 Å². The van der Waals surface area contributed by atoms with Gasteiger partial charge in [0, 0.05) is 16.2 Å². The zero-order valence-electron chi connectivity index (χ0n) is 12.0. The summed E-state index contributed by atoms with van der Waals surface area (Å²) < 4.78 is 0.891. The van der Waals surface area contributed by atoms with E-state index in [1.807, 2.05) is 24.3 Å². The predicted octanol–water partition coefficient (Wildman–Crippen LogP) is 5.02. The maximum Gasteiger partial charge on any atom is 0.293 e. The molecule has 0 aliphatic heterocycles. The Labute approximate surface area is 140 Å². The molecule has 0 spiro atoms. The first-order chi connectivity index (χ1) is 11.0. The molecule has 0 bridgehead atoms. The van der Waals surface area contributed by atoms with Crippen LogP contribution in [0.3, 0.4) is 0 Å². The largest absolute Gasteiger partial charge is 0.315 e. The van der Waals surface area contributed by atoms with Gasteiger partial charge in [0.1, 0.15) is 10.6 Å². The molecule has 3 aromatic rings. The summed E-state index contributed by atoms with van der Waals surface area (Å²) in [5.41, 5.74) is 0.663. The molecule has 5 nitrogen and oxygen atoms in total. The fourth-order valence-corrected chi connectivity index (χ4v) is 3.71. The van der Waals surface area contributed by atoms with Crippen molar-refractivity contribution >= 4 is 50.3 Å². The van der Waals surface area contributed by atoms with Crippen molar-refractivity contribution < 1.29 is 9.72 Å². The molecule has 0 radical (unpaired) electrons. The van der Waals surface area contributed by atoms with Gasteiger partial charge in [-0.15, -0.1) is 11.3 Å². The lowest BCUT2D eigenvalue weighted by Crippen LogP contribution is -2.13. The summed E-state index contributed by atoms with van der Waals surface area (Å²) in [6.07, 6.45) is 0. The molecular formula is C16H11ClN2O3S. The smallest absolute Gasteiger partial charge is 0.293 e. The van der Waals surface area contributed by atoms with Crippen LogP contribution in [0.15, 0.2) is 42.5 Å². The van der Waals surface area contributed by atoms with Crippen LogP contribution in [0.25, 0.3) is 10.1 Å². The molecule has 1 N–H and O–H groups in total. The van der Waals surface area contributed by atoms with Crippen molar-refractivity contribution in [1.82, 2.24) is 0 Å². The Balaban J connectivity index is 2.02. The molecule has 0 unspecified atom stereocenters. The summed E-state index contributed by atoms with van der Waals surface area (Å²) in [5, 5.41) is 14.9. The van der Waals surface area contributed by atoms with Crippen molar-refractivity contribution in [3.8, 4) is 0 Å². The third-order valence-corrected chi connectivity index (χ3v) is 5.10. The number of amides is 1. The van der Waals surface area contributed by atoms with Crippen LogP contribution in [0.5, 0.6) is 0 Å². The van der Waals surface area contributed by atoms with Gasteiger partial charge in [-0.2, -0.15) is 0 Å². The molecule has 0 saturated carbocycles. The standard InChI is InChI=1S/C16H11ClN2O3S/c1-9-5-4-7-11(19(21)22)14(9)18-16(20)15-13(17)10-6-2-3-8-12(10)23-15/h2-8H,1H3,(H,18,20). The minimum absolute atomic E-state index is 0.143. The average Bonchev–Trinajstić information content (AvgIpc) is 2.86. The lowest BCUT2D eigenvalue weighted by atomic mass is 10.1. The first kappa shape index (κ1) is 15.5. The van der Waals surface area contributed by atoms with Crippen LogP contribution in [-0.2, 0) is 0 Å². The number of thiophene rings is 1. The van der Waals surface area contributed by atoms with Crippen molar-refractivity contribution in [2.24, 2.45) is 0 Å². The Morgan fingerprint density at radius 3 is 2.65 bits per heavy atom. The molecule has 7 heteroatoms. The van der Waals surface area contributed by atoms with Gasteiger partial charge in [-0.1, -0.05) is 41.9 Å². The van der Waals surface area contributed by atoms with Gasteiger partial charge >= 0.3 is 0 Å². The molecule has 1 aromatic heterocycles. The van der Waals surface area contributed by atoms with Crippen LogP contribution in [-0.4, -0.2) is 10.8 Å². The lowest BCUT2D eigenvalue weighted by molar-refractivity contribution is -0.383. The van der Waals surface area contributed by atoms with Gasteiger partial charge in [-0.25, -0.2) is 0 Å². The number of aryl methyl sites for hydroxylation is 1. The number of anilines is 1. The van der Waals surface area contributed by atoms with Gasteiger partial charge in [0.05, 0.1) is 9.95 Å². The molecule has 2 aromatic carbocycles. The Kier molecular flexibility index (Phi) is 4.02. The monoisotopic (exact) mass is 346 g/mol. The molecule has 1 amide bonds. The van der Waals surface area contributed by atoms with E-state index in [1.54, 1.807) is 19.1 Å². The van der Waals surface area contributed by atoms with E-state index >= 15 is 0 Å². The Bertz CT molecular complexity index is 936. The van der Waals surface area contributed by atoms with Crippen molar-refractivity contribution in [2.75, 3.05) is 5.32 Å². The van der Waals surface area contributed by atoms with E-state index in [1.165, 1.54) is 17.4 Å². The van der Waals surface area contributed by atoms with Gasteiger partial charge < -0.3 is 5.32 Å². The van der Waals surface area contributed by atoms with Gasteiger partial charge in [0.25, 0.3) is 11.6 Å². The second-order valence-corrected chi connectivity index (χ2v) is 6.35. The summed E-state index contributed by atoms with van der Waals surface area (Å²) in [4.78, 5) is 23.5. The number of nitrogens with zero attached hydrogens (tertiary/aromatic N) is 1. The molecule has 0 aliphatic rings. The molecule has 0 saturated heterocycles. The van der Waals surface area contributed by atoms with E-state index in [4.69, 9.17) is 11.6 Å². The van der Waals surface area contributed by atoms with Gasteiger partial charge in [0.2, 0.25) is 0 Å². The van der Waals surface area contributed by atoms with Crippen molar-refractivity contribution in [1.29, 1.82) is 0 Å². The number of rotatable bonds is 3. The number of nitrogens with one attached hydrogen (secondary N) is 1. The molecule has 1 heterocycles. The van der Waals surface area contributed by atoms with E-state index < -0.39 is 10.8 Å². The van der Waals surface area contributed by atoms with Crippen LogP contribution < -0.4 is 5.32 Å². The van der Waals surface area contributed by atoms with Gasteiger partial charge in [-0.3, -0.25) is 14.9 Å². The SMILES string of the molecule is Cc1cccc([N+](=O)[O-])c1NC(=O)c1sc2ccccc2c1Cl. The topological polar surface area (TPSA) is 72.2 Å². The highest BCUT2D eigenvalue weighted by molar-refractivity contribution is 7.21. The fraction of sp³-hybridized carbons (Fsp3) is 0.0625. The highest BCUT2D eigenvalue weighted by atomic mass is 35.5. The van der Waals surface area contributed by atoms with Gasteiger partial charge in [-0.05, 0) is 18.6 Å². The lowest BCUT2D eigenvalue weighted by Gasteiger charge is -2.08. The minimum atomic E-state index is -0.519. The molecule has 23 heavy (non-hydrogen) atoms. The van der Waals surface area contributed by atoms with Crippen LogP contribution >= 0.6 is 22.9 Å². The van der Waals surface area contributed by atoms with Crippen LogP contribution in [0, 0.1) is 17.0 Å². The number of hydrogen-bond acceptors (Lipinski definition) is 4. The quantitative estimate of drug-likeness (QED) is 0.534. The van der Waals surface area contributed by atoms with E-state index in [2.05, 4.69) is 5.32 Å². The first-order valence-corrected chi connectivity index (χ1v) is 7.91. The summed E-state index contributed by atoms with van der Waals surface area (Å²) in [7, 11) is 0. The Hall–Kier alpha value is -2.44. The number of nitro groups is 1. The maximum absolute atomic E-state index is 12.5. The average molecular weight is 347 g/mol. The van der Waals surface area contributed by atoms with Crippen molar-refractivity contribution in [3.05, 3.63) is 68.0 Å². The summed E-state index contributed by atoms with van der Waals surface area (Å²) >= 11 is 7.53. The molecule has 0 atom stereocenters. The molecule has 0 aliphatic carbocycles. The number of fused-ring (bicyclic) bond motifs is 1. The van der Waals surface area contributed by atoms with Gasteiger partial charge in [0.15, 0.2) is 0 Å². The zero-order valence-corrected chi connectivity index (χ0v) is 13.6. The molecule has 0 fully saturated rings. The number of hydrogen-bond donors (Lipinski definition) is 1. The van der Waals surface area contributed by atoms with E-state index in [0.29, 0.717) is 15.5 Å². The molecule has 3 rings (SSSR count). The number of nitro benzene ring substituents is 1. The van der Waals surface area contributed by atoms with Crippen LogP contribution in [0.2, 0.25) is 5.02 Å². The highest BCUT2D eigenvalue weighted by Gasteiger charge is 2.22. The normalized spacial score (nSPS) is 10.7. The van der Waals surface area contributed by atoms with Crippen LogP contribution in [0.4, 0.5) is 11.4 Å². The third-order valence-electron chi connectivity index (χ3n) is 3.43. The summed E-state index contributed by atoms with van der Waals surface area (Å²) in [6, 6.07) is 12.1. The number of para-hydroxylation sites is 1. The van der Waals surface area contributed by atoms with E-state index in [9.17, 15) is 14.9 Å². The predicted molar refractivity (Wildman–Crippen MR) is 92.6 cm³/mol. The summed E-state index contributed by atoms with van der Waals surface area (Å²) in [5.74, 6) is -0.450. The summed E-state index contributed by atoms with van der Waals surface area (Å²) in [6.45, 7) is 1.70. The van der Waals surface area contributed by atoms with E-state index in [0.717, 1.165) is 10.1 Å². The number of halogens is 1. The Morgan fingerprint density at radius 2 is 1.96 bits per heavy atom. The highest BCUT2D eigenvalue weighted by Crippen LogP contribution is 2.36. The molecule has 116 valence electrons. The van der Waals surface area contributed by atoms with Crippen molar-refractivity contribution in [3.63, 3.8) is 0 Å². The van der Waals surface area contributed by atoms with Crippen molar-refractivity contribution in [2.45, 2.75) is 6.92 Å². The minimum Gasteiger partial charge on any atom is -0.315 e. The second-order valence-electron chi connectivity index (χ2n) is 4.92. The maximum atomic E-state index is 12.5. The third kappa shape index (κ3) is 2.78. The second kappa shape index (κ2) is 5.98. The fourth-order valence-electron chi connectivity index (χ4n) is 2.30. The number of carbonyl (C=O) groups excluding carboxylic acids is 1. The number of benzene rings is 2. The number of carbonyl (C=O) groups is 1. The first-order valence-electron chi connectivity index (χ1n) is 6.71.